The summed E-state index contributed by atoms with van der Waals surface area (Å²) in [5.74, 6) is -8.31. The number of phenols is 1. The number of aliphatic hydroxyl groups excluding tert-OH is 2. The highest BCUT2D eigenvalue weighted by molar-refractivity contribution is 6.25. The fraction of sp³-hybridized carbons (Fsp3) is 0.414. The Bertz CT molecular complexity index is 1560. The lowest BCUT2D eigenvalue weighted by atomic mass is 9.58. The Morgan fingerprint density at radius 2 is 1.82 bits per heavy atom. The number of benzene rings is 2. The van der Waals surface area contributed by atoms with E-state index in [9.17, 15) is 34.8 Å². The number of nitrogens with zero attached hydrogens (tertiary/aromatic N) is 2. The van der Waals surface area contributed by atoms with Gasteiger partial charge in [-0.15, -0.1) is 0 Å². The summed E-state index contributed by atoms with van der Waals surface area (Å²) in [6.07, 6.45) is -0.212. The fourth-order valence-corrected chi connectivity index (χ4v) is 6.64. The molecule has 0 radical (unpaired) electrons. The Balaban J connectivity index is 1.71. The number of halogens is 1. The zero-order valence-corrected chi connectivity index (χ0v) is 22.7. The van der Waals surface area contributed by atoms with Gasteiger partial charge in [0, 0.05) is 34.4 Å². The molecule has 2 aromatic carbocycles. The number of nitrogens with two attached hydrogens (primary N) is 1. The van der Waals surface area contributed by atoms with Crippen LogP contribution in [0.2, 0.25) is 0 Å². The van der Waals surface area contributed by atoms with Crippen LogP contribution in [0.25, 0.3) is 10.8 Å². The van der Waals surface area contributed by atoms with Crippen molar-refractivity contribution in [2.24, 2.45) is 17.6 Å². The molecule has 0 bridgehead atoms. The number of ketones is 2. The van der Waals surface area contributed by atoms with Gasteiger partial charge in [0.25, 0.3) is 5.91 Å². The van der Waals surface area contributed by atoms with E-state index in [4.69, 9.17) is 5.73 Å². The normalized spacial score (nSPS) is 26.4. The maximum absolute atomic E-state index is 15.9. The van der Waals surface area contributed by atoms with Crippen LogP contribution in [0, 0.1) is 17.7 Å². The molecule has 11 heteroatoms. The summed E-state index contributed by atoms with van der Waals surface area (Å²) < 4.78 is 15.9. The summed E-state index contributed by atoms with van der Waals surface area (Å²) in [6.45, 7) is 3.27. The van der Waals surface area contributed by atoms with Gasteiger partial charge in [-0.05, 0) is 58.1 Å². The summed E-state index contributed by atoms with van der Waals surface area (Å²) in [7, 11) is 5.00. The fourth-order valence-electron chi connectivity index (χ4n) is 6.64. The number of primary amides is 1. The first-order valence-corrected chi connectivity index (χ1v) is 13.0. The highest BCUT2D eigenvalue weighted by atomic mass is 19.1. The van der Waals surface area contributed by atoms with Crippen molar-refractivity contribution in [2.45, 2.75) is 38.0 Å². The van der Waals surface area contributed by atoms with Crippen molar-refractivity contribution in [3.8, 4) is 5.75 Å². The van der Waals surface area contributed by atoms with Gasteiger partial charge in [0.05, 0.1) is 11.6 Å². The number of amides is 1. The van der Waals surface area contributed by atoms with Gasteiger partial charge < -0.3 is 31.1 Å². The van der Waals surface area contributed by atoms with Crippen molar-refractivity contribution in [3.63, 3.8) is 0 Å². The van der Waals surface area contributed by atoms with Gasteiger partial charge in [-0.3, -0.25) is 19.3 Å². The molecule has 0 saturated heterocycles. The van der Waals surface area contributed by atoms with Crippen molar-refractivity contribution in [1.82, 2.24) is 9.80 Å². The molecule has 0 aliphatic heterocycles. The average Bonchev–Trinajstić information content (AvgIpc) is 2.88. The Morgan fingerprint density at radius 1 is 1.15 bits per heavy atom. The molecular formula is C29H32FN3O7. The van der Waals surface area contributed by atoms with E-state index in [1.807, 2.05) is 18.9 Å². The topological polar surface area (TPSA) is 165 Å². The molecule has 4 atom stereocenters. The van der Waals surface area contributed by atoms with Crippen LogP contribution >= 0.6 is 0 Å². The zero-order valence-electron chi connectivity index (χ0n) is 22.7. The molecule has 40 heavy (non-hydrogen) atoms. The number of fused-ring (bicyclic) bond motifs is 4. The first-order chi connectivity index (χ1) is 18.7. The molecule has 1 amide bonds. The first kappa shape index (κ1) is 27.8. The summed E-state index contributed by atoms with van der Waals surface area (Å²) in [5.41, 5.74) is 1.83. The van der Waals surface area contributed by atoms with Gasteiger partial charge in [-0.2, -0.15) is 0 Å². The lowest BCUT2D eigenvalue weighted by molar-refractivity contribution is -0.148. The number of rotatable bonds is 5. The van der Waals surface area contributed by atoms with Gasteiger partial charge in [0.15, 0.2) is 11.4 Å². The van der Waals surface area contributed by atoms with Crippen molar-refractivity contribution < 1.29 is 39.2 Å². The Labute approximate surface area is 229 Å². The van der Waals surface area contributed by atoms with Crippen LogP contribution < -0.4 is 5.73 Å². The van der Waals surface area contributed by atoms with Crippen LogP contribution in [0.15, 0.2) is 40.9 Å². The first-order valence-electron chi connectivity index (χ1n) is 13.0. The van der Waals surface area contributed by atoms with E-state index < -0.39 is 69.6 Å². The van der Waals surface area contributed by atoms with Crippen molar-refractivity contribution in [3.05, 3.63) is 63.4 Å². The largest absolute Gasteiger partial charge is 0.510 e. The molecule has 2 aromatic rings. The van der Waals surface area contributed by atoms with Crippen LogP contribution in [-0.4, -0.2) is 87.0 Å². The second kappa shape index (κ2) is 9.39. The Morgan fingerprint density at radius 3 is 2.42 bits per heavy atom. The van der Waals surface area contributed by atoms with Crippen LogP contribution in [-0.2, 0) is 22.6 Å². The highest BCUT2D eigenvalue weighted by Gasteiger charge is 2.63. The minimum atomic E-state index is -2.74. The third-order valence-electron chi connectivity index (χ3n) is 8.69. The van der Waals surface area contributed by atoms with E-state index in [1.165, 1.54) is 4.90 Å². The van der Waals surface area contributed by atoms with E-state index in [0.717, 1.165) is 12.1 Å². The molecular weight excluding hydrogens is 521 g/mol. The quantitative estimate of drug-likeness (QED) is 0.348. The zero-order chi connectivity index (χ0) is 29.4. The van der Waals surface area contributed by atoms with Crippen LogP contribution in [0.5, 0.6) is 5.75 Å². The maximum Gasteiger partial charge on any atom is 0.255 e. The molecule has 3 aliphatic carbocycles. The predicted octanol–water partition coefficient (Wildman–Crippen LogP) is 1.86. The van der Waals surface area contributed by atoms with Gasteiger partial charge in [0.1, 0.15) is 28.7 Å². The molecule has 0 heterocycles. The van der Waals surface area contributed by atoms with E-state index in [2.05, 4.69) is 0 Å². The number of Topliss-reactive ketones (excluding diaryl/α,β-unsaturated/α-hetero) is 2. The molecule has 5 rings (SSSR count). The number of likely N-dealkylation sites (N-methyl/N-ethyl adjacent to an activating group) is 1. The number of phenolic OH excluding ortho intramolecular Hbond substituents is 1. The number of hydrogen-bond donors (Lipinski definition) is 5. The lowest BCUT2D eigenvalue weighted by Gasteiger charge is -2.50. The number of carbonyl (C=O) groups is 3. The van der Waals surface area contributed by atoms with Crippen molar-refractivity contribution >= 4 is 28.2 Å². The summed E-state index contributed by atoms with van der Waals surface area (Å²) in [5, 5.41) is 45.4. The van der Waals surface area contributed by atoms with Gasteiger partial charge in [-0.1, -0.05) is 19.1 Å². The van der Waals surface area contributed by atoms with E-state index in [-0.39, 0.29) is 40.3 Å². The summed E-state index contributed by atoms with van der Waals surface area (Å²) in [4.78, 5) is 42.8. The van der Waals surface area contributed by atoms with Gasteiger partial charge in [-0.25, -0.2) is 4.39 Å². The molecule has 10 nitrogen and oxygen atoms in total. The molecule has 0 fully saturated rings. The number of allylic oxidation sites excluding steroid dienone is 1. The molecule has 0 unspecified atom stereocenters. The molecule has 0 spiro atoms. The monoisotopic (exact) mass is 553 g/mol. The molecule has 0 aromatic heterocycles. The molecule has 6 N–H and O–H groups in total. The van der Waals surface area contributed by atoms with Crippen molar-refractivity contribution in [2.75, 3.05) is 27.7 Å². The van der Waals surface area contributed by atoms with E-state index >= 15 is 4.39 Å². The number of carbonyl (C=O) groups excluding carboxylic acids is 3. The predicted molar refractivity (Wildman–Crippen MR) is 143 cm³/mol. The SMILES string of the molecule is CCN(C)Cc1ccc2c(F)c3c(c(O)c2c1)C(=O)C1=C(O)[C@]2(O)C(=O)C(C(N)=O)=C(O)[C@@H](N(C)C)[C@@H]2C[C@@H]1C3. The Kier molecular flexibility index (Phi) is 6.52. The molecule has 0 saturated carbocycles. The lowest BCUT2D eigenvalue weighted by Crippen LogP contribution is -2.63. The molecule has 3 aliphatic rings. The number of hydrogen-bond acceptors (Lipinski definition) is 9. The van der Waals surface area contributed by atoms with Gasteiger partial charge >= 0.3 is 0 Å². The third kappa shape index (κ3) is 3.68. The minimum Gasteiger partial charge on any atom is -0.510 e. The van der Waals surface area contributed by atoms with Crippen LogP contribution in [0.4, 0.5) is 4.39 Å². The summed E-state index contributed by atoms with van der Waals surface area (Å²) >= 11 is 0. The van der Waals surface area contributed by atoms with Crippen molar-refractivity contribution in [1.29, 1.82) is 0 Å². The van der Waals surface area contributed by atoms with Crippen LogP contribution in [0.1, 0.15) is 34.8 Å². The van der Waals surface area contributed by atoms with E-state index in [1.54, 1.807) is 32.3 Å². The van der Waals surface area contributed by atoms with E-state index in [0.29, 0.717) is 6.54 Å². The molecule has 212 valence electrons. The van der Waals surface area contributed by atoms with Crippen LogP contribution in [0.3, 0.4) is 0 Å². The second-order valence-corrected chi connectivity index (χ2v) is 11.2. The minimum absolute atomic E-state index is 0.0263. The second-order valence-electron chi connectivity index (χ2n) is 11.2. The van der Waals surface area contributed by atoms with Gasteiger partial charge in [0.2, 0.25) is 5.78 Å². The standard InChI is InChI=1S/C29H32FN3O7/c1-5-33(4)11-12-6-7-14-15(8-12)23(34)19-16(21(14)30)9-13-10-17-22(32(2)3)25(36)20(28(31)39)27(38)29(17,40)26(37)18(13)24(19)35/h6-8,13,17,22,34,36-37,40H,5,9-11H2,1-4H3,(H2,31,39)/t13-,17-,22-,29-/m0/s1. The maximum atomic E-state index is 15.9. The summed E-state index contributed by atoms with van der Waals surface area (Å²) in [6, 6.07) is 3.82. The average molecular weight is 554 g/mol. The third-order valence-corrected chi connectivity index (χ3v) is 8.69. The number of aliphatic hydroxyl groups is 3. The Hall–Kier alpha value is -3.80. The number of aromatic hydroxyl groups is 1. The highest BCUT2D eigenvalue weighted by Crippen LogP contribution is 2.53. The smallest absolute Gasteiger partial charge is 0.255 e.